The van der Waals surface area contributed by atoms with Gasteiger partial charge in [-0.1, -0.05) is 17.7 Å². The number of benzene rings is 2. The van der Waals surface area contributed by atoms with Crippen LogP contribution in [0.2, 0.25) is 5.02 Å². The summed E-state index contributed by atoms with van der Waals surface area (Å²) in [6, 6.07) is 7.48. The summed E-state index contributed by atoms with van der Waals surface area (Å²) in [5, 5.41) is 9.45. The van der Waals surface area contributed by atoms with E-state index in [0.29, 0.717) is 22.2 Å². The number of aryl methyl sites for hydroxylation is 1. The molecule has 0 spiro atoms. The van der Waals surface area contributed by atoms with Crippen LogP contribution in [-0.4, -0.2) is 11.1 Å². The third-order valence-electron chi connectivity index (χ3n) is 3.00. The van der Waals surface area contributed by atoms with E-state index >= 15 is 0 Å². The van der Waals surface area contributed by atoms with Crippen LogP contribution in [0.5, 0.6) is 0 Å². The van der Waals surface area contributed by atoms with Gasteiger partial charge in [0.1, 0.15) is 0 Å². The molecule has 2 aromatic carbocycles. The van der Waals surface area contributed by atoms with Crippen molar-refractivity contribution < 1.29 is 23.1 Å². The molecule has 0 unspecified atom stereocenters. The Morgan fingerprint density at radius 1 is 1.10 bits per heavy atom. The summed E-state index contributed by atoms with van der Waals surface area (Å²) < 4.78 is 38.6. The number of carbonyl (C=O) groups is 1. The molecule has 6 heteroatoms. The van der Waals surface area contributed by atoms with E-state index in [2.05, 4.69) is 0 Å². The molecule has 0 aromatic heterocycles. The third-order valence-corrected chi connectivity index (χ3v) is 3.42. The molecule has 0 fully saturated rings. The Morgan fingerprint density at radius 3 is 2.29 bits per heavy atom. The third kappa shape index (κ3) is 3.36. The van der Waals surface area contributed by atoms with E-state index in [1.165, 1.54) is 6.07 Å². The van der Waals surface area contributed by atoms with Gasteiger partial charge >= 0.3 is 12.1 Å². The first-order valence-corrected chi connectivity index (χ1v) is 6.28. The molecule has 2 nitrogen and oxygen atoms in total. The lowest BCUT2D eigenvalue weighted by atomic mass is 9.98. The molecule has 0 aliphatic rings. The zero-order valence-electron chi connectivity index (χ0n) is 10.8. The van der Waals surface area contributed by atoms with Crippen LogP contribution in [-0.2, 0) is 6.18 Å². The number of hydrogen-bond donors (Lipinski definition) is 1. The van der Waals surface area contributed by atoms with Crippen LogP contribution in [0.3, 0.4) is 0 Å². The van der Waals surface area contributed by atoms with E-state index in [1.54, 1.807) is 25.1 Å². The molecule has 0 radical (unpaired) electrons. The fourth-order valence-electron chi connectivity index (χ4n) is 1.91. The van der Waals surface area contributed by atoms with E-state index in [4.69, 9.17) is 16.7 Å². The lowest BCUT2D eigenvalue weighted by molar-refractivity contribution is -0.137. The molecule has 1 N–H and O–H groups in total. The summed E-state index contributed by atoms with van der Waals surface area (Å²) in [6.45, 7) is 1.72. The molecule has 110 valence electrons. The highest BCUT2D eigenvalue weighted by atomic mass is 35.5. The summed E-state index contributed by atoms with van der Waals surface area (Å²) in [5.74, 6) is -1.41. The first-order valence-electron chi connectivity index (χ1n) is 5.90. The number of rotatable bonds is 2. The molecule has 0 bridgehead atoms. The van der Waals surface area contributed by atoms with Crippen molar-refractivity contribution in [1.29, 1.82) is 0 Å². The van der Waals surface area contributed by atoms with E-state index in [-0.39, 0.29) is 5.56 Å². The van der Waals surface area contributed by atoms with Gasteiger partial charge in [-0.05, 0) is 53.9 Å². The second-order valence-electron chi connectivity index (χ2n) is 4.57. The molecule has 2 aromatic rings. The minimum atomic E-state index is -4.61. The predicted molar refractivity (Wildman–Crippen MR) is 73.6 cm³/mol. The topological polar surface area (TPSA) is 37.3 Å². The Balaban J connectivity index is 2.64. The summed E-state index contributed by atoms with van der Waals surface area (Å²) >= 11 is 5.88. The molecule has 21 heavy (non-hydrogen) atoms. The Hall–Kier alpha value is -2.01. The maximum absolute atomic E-state index is 12.9. The highest BCUT2D eigenvalue weighted by Crippen LogP contribution is 2.34. The fourth-order valence-corrected chi connectivity index (χ4v) is 2.02. The van der Waals surface area contributed by atoms with Gasteiger partial charge in [0.15, 0.2) is 0 Å². The Morgan fingerprint density at radius 2 is 1.76 bits per heavy atom. The van der Waals surface area contributed by atoms with Crippen molar-refractivity contribution in [3.05, 3.63) is 58.1 Å². The molecule has 2 rings (SSSR count). The molecule has 0 saturated carbocycles. The van der Waals surface area contributed by atoms with E-state index in [1.807, 2.05) is 0 Å². The van der Waals surface area contributed by atoms with Crippen LogP contribution in [0, 0.1) is 6.92 Å². The van der Waals surface area contributed by atoms with Crippen molar-refractivity contribution in [2.45, 2.75) is 13.1 Å². The molecule has 0 aliphatic carbocycles. The van der Waals surface area contributed by atoms with E-state index in [0.717, 1.165) is 6.07 Å². The van der Waals surface area contributed by atoms with Crippen molar-refractivity contribution in [2.75, 3.05) is 0 Å². The highest BCUT2D eigenvalue weighted by Gasteiger charge is 2.32. The molecule has 0 atom stereocenters. The zero-order valence-corrected chi connectivity index (χ0v) is 11.6. The Kier molecular flexibility index (Phi) is 3.96. The molecule has 0 aliphatic heterocycles. The zero-order chi connectivity index (χ0) is 15.8. The van der Waals surface area contributed by atoms with Gasteiger partial charge in [0, 0.05) is 5.02 Å². The monoisotopic (exact) mass is 314 g/mol. The van der Waals surface area contributed by atoms with Crippen LogP contribution in [0.15, 0.2) is 36.4 Å². The van der Waals surface area contributed by atoms with Crippen LogP contribution < -0.4 is 0 Å². The van der Waals surface area contributed by atoms with Crippen molar-refractivity contribution in [3.63, 3.8) is 0 Å². The highest BCUT2D eigenvalue weighted by molar-refractivity contribution is 6.31. The fraction of sp³-hybridized carbons (Fsp3) is 0.133. The van der Waals surface area contributed by atoms with Crippen LogP contribution in [0.1, 0.15) is 21.5 Å². The van der Waals surface area contributed by atoms with Crippen molar-refractivity contribution in [3.8, 4) is 11.1 Å². The molecule has 0 saturated heterocycles. The first-order chi connectivity index (χ1) is 9.68. The average Bonchev–Trinajstić information content (AvgIpc) is 2.40. The number of carboxylic acid groups (broad SMARTS) is 1. The van der Waals surface area contributed by atoms with Gasteiger partial charge in [0.2, 0.25) is 0 Å². The number of alkyl halides is 3. The van der Waals surface area contributed by atoms with Crippen molar-refractivity contribution >= 4 is 17.6 Å². The van der Waals surface area contributed by atoms with Gasteiger partial charge in [0.05, 0.1) is 11.1 Å². The molecular weight excluding hydrogens is 305 g/mol. The van der Waals surface area contributed by atoms with Gasteiger partial charge in [-0.2, -0.15) is 13.2 Å². The largest absolute Gasteiger partial charge is 0.478 e. The van der Waals surface area contributed by atoms with Gasteiger partial charge in [-0.3, -0.25) is 0 Å². The SMILES string of the molecule is Cc1cc(-c2cc(C(=O)O)cc(C(F)(F)F)c2)ccc1Cl. The number of carboxylic acids is 1. The molecular formula is C15H10ClF3O2. The lowest BCUT2D eigenvalue weighted by Crippen LogP contribution is -2.08. The number of aromatic carboxylic acids is 1. The Labute approximate surface area is 123 Å². The minimum Gasteiger partial charge on any atom is -0.478 e. The smallest absolute Gasteiger partial charge is 0.416 e. The van der Waals surface area contributed by atoms with Crippen LogP contribution in [0.4, 0.5) is 13.2 Å². The maximum Gasteiger partial charge on any atom is 0.416 e. The second kappa shape index (κ2) is 5.41. The summed E-state index contributed by atoms with van der Waals surface area (Å²) in [7, 11) is 0. The van der Waals surface area contributed by atoms with Crippen LogP contribution >= 0.6 is 11.6 Å². The van der Waals surface area contributed by atoms with Crippen LogP contribution in [0.25, 0.3) is 11.1 Å². The van der Waals surface area contributed by atoms with Gasteiger partial charge < -0.3 is 5.11 Å². The Bertz CT molecular complexity index is 709. The summed E-state index contributed by atoms with van der Waals surface area (Å²) in [4.78, 5) is 11.0. The molecule has 0 heterocycles. The number of halogens is 4. The maximum atomic E-state index is 12.9. The lowest BCUT2D eigenvalue weighted by Gasteiger charge is -2.11. The summed E-state index contributed by atoms with van der Waals surface area (Å²) in [6.07, 6.45) is -4.61. The quantitative estimate of drug-likeness (QED) is 0.844. The second-order valence-corrected chi connectivity index (χ2v) is 4.97. The van der Waals surface area contributed by atoms with E-state index in [9.17, 15) is 18.0 Å². The normalized spacial score (nSPS) is 11.5. The van der Waals surface area contributed by atoms with Gasteiger partial charge in [0.25, 0.3) is 0 Å². The standard InChI is InChI=1S/C15H10ClF3O2/c1-8-4-9(2-3-13(8)16)10-5-11(14(20)21)7-12(6-10)15(17,18)19/h2-7H,1H3,(H,20,21). The molecule has 0 amide bonds. The average molecular weight is 315 g/mol. The van der Waals surface area contributed by atoms with Crippen molar-refractivity contribution in [2.24, 2.45) is 0 Å². The summed E-state index contributed by atoms with van der Waals surface area (Å²) in [5.41, 5.74) is -0.0478. The van der Waals surface area contributed by atoms with E-state index < -0.39 is 23.3 Å². The van der Waals surface area contributed by atoms with Gasteiger partial charge in [-0.25, -0.2) is 4.79 Å². The predicted octanol–water partition coefficient (Wildman–Crippen LogP) is 5.03. The van der Waals surface area contributed by atoms with Gasteiger partial charge in [-0.15, -0.1) is 0 Å². The minimum absolute atomic E-state index is 0.182. The van der Waals surface area contributed by atoms with Crippen molar-refractivity contribution in [1.82, 2.24) is 0 Å². The first kappa shape index (κ1) is 15.4. The number of hydrogen-bond acceptors (Lipinski definition) is 1.